The first kappa shape index (κ1) is 27.0. The van der Waals surface area contributed by atoms with Crippen molar-refractivity contribution in [3.8, 4) is 0 Å². The van der Waals surface area contributed by atoms with Crippen LogP contribution >= 0.6 is 23.1 Å². The normalized spacial score (nSPS) is 19.6. The van der Waals surface area contributed by atoms with Crippen LogP contribution in [-0.4, -0.2) is 41.6 Å². The zero-order valence-electron chi connectivity index (χ0n) is 22.7. The molecule has 0 bridgehead atoms. The quantitative estimate of drug-likeness (QED) is 0.330. The van der Waals surface area contributed by atoms with Gasteiger partial charge in [-0.25, -0.2) is 4.90 Å². The summed E-state index contributed by atoms with van der Waals surface area (Å²) < 4.78 is 1.44. The van der Waals surface area contributed by atoms with E-state index in [2.05, 4.69) is 5.32 Å². The first-order valence-electron chi connectivity index (χ1n) is 13.2. The maximum absolute atomic E-state index is 14.0. The third-order valence-electron chi connectivity index (χ3n) is 7.55. The molecular weight excluding hydrogens is 556 g/mol. The predicted molar refractivity (Wildman–Crippen MR) is 163 cm³/mol. The number of anilines is 3. The Bertz CT molecular complexity index is 1710. The lowest BCUT2D eigenvalue weighted by molar-refractivity contribution is -0.122. The number of imide groups is 1. The molecule has 0 aliphatic carbocycles. The minimum absolute atomic E-state index is 0.194. The van der Waals surface area contributed by atoms with Gasteiger partial charge >= 0.3 is 4.87 Å². The van der Waals surface area contributed by atoms with Crippen molar-refractivity contribution in [1.29, 1.82) is 0 Å². The van der Waals surface area contributed by atoms with Gasteiger partial charge in [-0.3, -0.25) is 23.7 Å². The highest BCUT2D eigenvalue weighted by Crippen LogP contribution is 2.54. The first-order valence-corrected chi connectivity index (χ1v) is 14.9. The van der Waals surface area contributed by atoms with Gasteiger partial charge in [0.15, 0.2) is 0 Å². The Hall–Kier alpha value is -4.15. The Morgan fingerprint density at radius 2 is 1.59 bits per heavy atom. The molecule has 2 aliphatic rings. The van der Waals surface area contributed by atoms with Gasteiger partial charge in [-0.05, 0) is 48.4 Å². The third kappa shape index (κ3) is 4.76. The summed E-state index contributed by atoms with van der Waals surface area (Å²) in [5, 5.41) is 2.74. The molecule has 1 fully saturated rings. The van der Waals surface area contributed by atoms with E-state index in [1.807, 2.05) is 80.5 Å². The molecule has 208 valence electrons. The number of para-hydroxylation sites is 2. The highest BCUT2D eigenvalue weighted by molar-refractivity contribution is 8.00. The van der Waals surface area contributed by atoms with Gasteiger partial charge in [0.25, 0.3) is 0 Å². The summed E-state index contributed by atoms with van der Waals surface area (Å²) in [5.41, 5.74) is 3.96. The molecule has 1 N–H and O–H groups in total. The average molecular weight is 585 g/mol. The number of carbonyl (C=O) groups is 3. The number of hydrogen-bond donors (Lipinski definition) is 1. The van der Waals surface area contributed by atoms with Crippen LogP contribution in [0, 0.1) is 12.8 Å². The maximum atomic E-state index is 14.0. The Labute approximate surface area is 245 Å². The highest BCUT2D eigenvalue weighted by Gasteiger charge is 2.56. The molecule has 1 saturated heterocycles. The Morgan fingerprint density at radius 1 is 0.902 bits per heavy atom. The molecule has 3 amide bonds. The molecule has 0 radical (unpaired) electrons. The Kier molecular flexibility index (Phi) is 7.04. The number of hydrogen-bond acceptors (Lipinski definition) is 7. The fourth-order valence-corrected chi connectivity index (χ4v) is 8.25. The van der Waals surface area contributed by atoms with Crippen LogP contribution in [0.15, 0.2) is 88.7 Å². The third-order valence-corrected chi connectivity index (χ3v) is 10.2. The highest BCUT2D eigenvalue weighted by atomic mass is 32.2. The summed E-state index contributed by atoms with van der Waals surface area (Å²) >= 11 is 2.26. The number of fused-ring (bicyclic) bond motifs is 2. The van der Waals surface area contributed by atoms with E-state index in [0.717, 1.165) is 28.2 Å². The number of carbonyl (C=O) groups excluding carboxylic acids is 3. The van der Waals surface area contributed by atoms with Crippen LogP contribution < -0.4 is 20.0 Å². The molecule has 0 spiro atoms. The number of nitrogens with zero attached hydrogens (tertiary/aromatic N) is 3. The number of amides is 3. The van der Waals surface area contributed by atoms with E-state index < -0.39 is 17.1 Å². The molecule has 4 aromatic rings. The van der Waals surface area contributed by atoms with Crippen molar-refractivity contribution < 1.29 is 14.4 Å². The lowest BCUT2D eigenvalue weighted by atomic mass is 9.83. The van der Waals surface area contributed by atoms with Gasteiger partial charge in [0.05, 0.1) is 16.6 Å². The zero-order chi connectivity index (χ0) is 28.8. The van der Waals surface area contributed by atoms with E-state index in [0.29, 0.717) is 21.3 Å². The molecule has 41 heavy (non-hydrogen) atoms. The number of thioether (sulfide) groups is 1. The van der Waals surface area contributed by atoms with Crippen LogP contribution in [0.4, 0.5) is 17.1 Å². The van der Waals surface area contributed by atoms with Gasteiger partial charge in [0.2, 0.25) is 17.7 Å². The number of aryl methyl sites for hydroxylation is 1. The van der Waals surface area contributed by atoms with E-state index in [1.165, 1.54) is 21.2 Å². The van der Waals surface area contributed by atoms with Gasteiger partial charge in [-0.1, -0.05) is 71.6 Å². The molecule has 6 rings (SSSR count). The molecule has 10 heteroatoms. The topological polar surface area (TPSA) is 91.7 Å². The Morgan fingerprint density at radius 3 is 2.27 bits per heavy atom. The van der Waals surface area contributed by atoms with Crippen molar-refractivity contribution >= 4 is 57.9 Å². The number of thiazole rings is 1. The second-order valence-corrected chi connectivity index (χ2v) is 12.5. The molecular formula is C31H28N4O4S2. The summed E-state index contributed by atoms with van der Waals surface area (Å²) in [4.78, 5) is 57.9. The SMILES string of the molecule is Cc1ccccc1NC(=O)Cn1c2c(sc1=O)[C@@H](c1ccc(N(C)C)cc1)[C@@H]1C(=O)N(c3ccccc3)C(=O)[C@@H]1S2. The lowest BCUT2D eigenvalue weighted by Crippen LogP contribution is -2.33. The number of benzene rings is 3. The van der Waals surface area contributed by atoms with Crippen LogP contribution in [-0.2, 0) is 20.9 Å². The number of nitrogens with one attached hydrogen (secondary N) is 1. The van der Waals surface area contributed by atoms with Gasteiger partial charge in [-0.2, -0.15) is 0 Å². The molecule has 8 nitrogen and oxygen atoms in total. The Balaban J connectivity index is 1.42. The smallest absolute Gasteiger partial charge is 0.308 e. The lowest BCUT2D eigenvalue weighted by Gasteiger charge is -2.31. The molecule has 0 saturated carbocycles. The van der Waals surface area contributed by atoms with Crippen molar-refractivity contribution in [2.75, 3.05) is 29.2 Å². The van der Waals surface area contributed by atoms with Gasteiger partial charge < -0.3 is 10.2 Å². The van der Waals surface area contributed by atoms with Crippen LogP contribution in [0.1, 0.15) is 21.9 Å². The summed E-state index contributed by atoms with van der Waals surface area (Å²) in [7, 11) is 3.90. The summed E-state index contributed by atoms with van der Waals surface area (Å²) in [6, 6.07) is 24.2. The van der Waals surface area contributed by atoms with E-state index in [-0.39, 0.29) is 29.1 Å². The van der Waals surface area contributed by atoms with Crippen molar-refractivity contribution in [2.24, 2.45) is 5.92 Å². The first-order chi connectivity index (χ1) is 19.7. The van der Waals surface area contributed by atoms with Gasteiger partial charge in [0.1, 0.15) is 11.8 Å². The van der Waals surface area contributed by atoms with Crippen LogP contribution in [0.3, 0.4) is 0 Å². The predicted octanol–water partition coefficient (Wildman–Crippen LogP) is 4.72. The van der Waals surface area contributed by atoms with Crippen LogP contribution in [0.2, 0.25) is 0 Å². The van der Waals surface area contributed by atoms with Crippen LogP contribution in [0.25, 0.3) is 0 Å². The number of aromatic nitrogens is 1. The standard InChI is InChI=1S/C31H28N4O4S2/c1-18-9-7-8-12-22(18)32-23(36)17-34-30-27(41-31(34)39)24(19-13-15-20(16-14-19)33(2)3)25-26(40-30)29(38)35(28(25)37)21-10-5-4-6-11-21/h4-16,24-26H,17H2,1-3H3,(H,32,36)/t24-,25-,26+/m0/s1. The van der Waals surface area contributed by atoms with Crippen LogP contribution in [0.5, 0.6) is 0 Å². The van der Waals surface area contributed by atoms with Crippen molar-refractivity contribution in [3.05, 3.63) is 105 Å². The van der Waals surface area contributed by atoms with Gasteiger partial charge in [-0.15, -0.1) is 0 Å². The van der Waals surface area contributed by atoms with Crippen molar-refractivity contribution in [2.45, 2.75) is 29.7 Å². The minimum atomic E-state index is -0.728. The molecule has 1 aromatic heterocycles. The van der Waals surface area contributed by atoms with E-state index in [1.54, 1.807) is 24.3 Å². The molecule has 2 aliphatic heterocycles. The second-order valence-electron chi connectivity index (χ2n) is 10.4. The van der Waals surface area contributed by atoms with E-state index in [9.17, 15) is 19.2 Å². The molecule has 3 atom stereocenters. The fourth-order valence-electron chi connectivity index (χ4n) is 5.47. The van der Waals surface area contributed by atoms with Crippen molar-refractivity contribution in [1.82, 2.24) is 4.57 Å². The van der Waals surface area contributed by atoms with Gasteiger partial charge in [0, 0.05) is 36.3 Å². The number of rotatable bonds is 6. The monoisotopic (exact) mass is 584 g/mol. The van der Waals surface area contributed by atoms with E-state index >= 15 is 0 Å². The maximum Gasteiger partial charge on any atom is 0.308 e. The summed E-state index contributed by atoms with van der Waals surface area (Å²) in [6.45, 7) is 1.71. The largest absolute Gasteiger partial charge is 0.378 e. The van der Waals surface area contributed by atoms with Crippen molar-refractivity contribution in [3.63, 3.8) is 0 Å². The summed E-state index contributed by atoms with van der Waals surface area (Å²) in [6.07, 6.45) is 0. The second kappa shape index (κ2) is 10.7. The molecule has 3 aromatic carbocycles. The fraction of sp³-hybridized carbons (Fsp3) is 0.226. The molecule has 3 heterocycles. The minimum Gasteiger partial charge on any atom is -0.378 e. The van der Waals surface area contributed by atoms with E-state index in [4.69, 9.17) is 0 Å². The zero-order valence-corrected chi connectivity index (χ0v) is 24.4. The summed E-state index contributed by atoms with van der Waals surface area (Å²) in [5.74, 6) is -2.12. The average Bonchev–Trinajstić information content (AvgIpc) is 3.41. The molecule has 0 unspecified atom stereocenters.